The molecule has 1 aromatic heterocycles. The Labute approximate surface area is 93.1 Å². The van der Waals surface area contributed by atoms with Crippen molar-refractivity contribution >= 4 is 0 Å². The van der Waals surface area contributed by atoms with Crippen molar-refractivity contribution in [2.75, 3.05) is 0 Å². The Balaban J connectivity index is 2.53. The van der Waals surface area contributed by atoms with Crippen LogP contribution in [0.2, 0.25) is 0 Å². The third-order valence-corrected chi connectivity index (χ3v) is 2.95. The first-order valence-corrected chi connectivity index (χ1v) is 5.78. The number of pyridine rings is 1. The largest absolute Gasteiger partial charge is 0.310 e. The number of aryl methyl sites for hydroxylation is 1. The van der Waals surface area contributed by atoms with Gasteiger partial charge >= 0.3 is 0 Å². The molecular weight excluding hydrogens is 184 g/mol. The van der Waals surface area contributed by atoms with Crippen LogP contribution in [0.5, 0.6) is 0 Å². The Morgan fingerprint density at radius 1 is 1.40 bits per heavy atom. The van der Waals surface area contributed by atoms with Gasteiger partial charge in [-0.05, 0) is 36.5 Å². The van der Waals surface area contributed by atoms with Crippen molar-refractivity contribution in [1.82, 2.24) is 10.3 Å². The number of nitrogens with zero attached hydrogens (tertiary/aromatic N) is 1. The molecule has 0 spiro atoms. The topological polar surface area (TPSA) is 24.9 Å². The summed E-state index contributed by atoms with van der Waals surface area (Å²) in [5, 5.41) is 3.59. The zero-order valence-corrected chi connectivity index (χ0v) is 10.2. The van der Waals surface area contributed by atoms with E-state index >= 15 is 0 Å². The van der Waals surface area contributed by atoms with Gasteiger partial charge in [-0.2, -0.15) is 0 Å². The third kappa shape index (κ3) is 3.63. The van der Waals surface area contributed by atoms with Gasteiger partial charge in [0.05, 0.1) is 0 Å². The van der Waals surface area contributed by atoms with Gasteiger partial charge in [0.15, 0.2) is 0 Å². The molecular formula is C13H22N2. The van der Waals surface area contributed by atoms with Crippen LogP contribution in [0.1, 0.15) is 38.3 Å². The van der Waals surface area contributed by atoms with Crippen LogP contribution < -0.4 is 5.32 Å². The molecule has 0 aliphatic rings. The van der Waals surface area contributed by atoms with Gasteiger partial charge < -0.3 is 5.32 Å². The lowest BCUT2D eigenvalue weighted by Gasteiger charge is -2.21. The summed E-state index contributed by atoms with van der Waals surface area (Å²) >= 11 is 0. The average Bonchev–Trinajstić information content (AvgIpc) is 2.21. The SMILES string of the molecule is CCC(NCc1cnccc1C)C(C)C. The third-order valence-electron chi connectivity index (χ3n) is 2.95. The van der Waals surface area contributed by atoms with Gasteiger partial charge in [0.1, 0.15) is 0 Å². The maximum Gasteiger partial charge on any atom is 0.0315 e. The second-order valence-electron chi connectivity index (χ2n) is 4.44. The Morgan fingerprint density at radius 3 is 2.67 bits per heavy atom. The summed E-state index contributed by atoms with van der Waals surface area (Å²) in [6.07, 6.45) is 4.98. The van der Waals surface area contributed by atoms with Gasteiger partial charge in [0.25, 0.3) is 0 Å². The first kappa shape index (κ1) is 12.2. The summed E-state index contributed by atoms with van der Waals surface area (Å²) < 4.78 is 0. The molecule has 0 amide bonds. The Hall–Kier alpha value is -0.890. The minimum atomic E-state index is 0.601. The standard InChI is InChI=1S/C13H22N2/c1-5-13(10(2)3)15-9-12-8-14-7-6-11(12)4/h6-8,10,13,15H,5,9H2,1-4H3. The second kappa shape index (κ2) is 5.86. The number of rotatable bonds is 5. The van der Waals surface area contributed by atoms with Crippen LogP contribution >= 0.6 is 0 Å². The average molecular weight is 206 g/mol. The van der Waals surface area contributed by atoms with Crippen molar-refractivity contribution in [1.29, 1.82) is 0 Å². The fourth-order valence-electron chi connectivity index (χ4n) is 1.77. The minimum absolute atomic E-state index is 0.601. The molecule has 0 bridgehead atoms. The van der Waals surface area contributed by atoms with Crippen molar-refractivity contribution in [3.63, 3.8) is 0 Å². The van der Waals surface area contributed by atoms with E-state index in [1.807, 2.05) is 12.4 Å². The summed E-state index contributed by atoms with van der Waals surface area (Å²) in [7, 11) is 0. The van der Waals surface area contributed by atoms with E-state index in [2.05, 4.69) is 44.1 Å². The van der Waals surface area contributed by atoms with E-state index in [0.717, 1.165) is 6.54 Å². The lowest BCUT2D eigenvalue weighted by Crippen LogP contribution is -2.32. The summed E-state index contributed by atoms with van der Waals surface area (Å²) in [5.74, 6) is 0.687. The quantitative estimate of drug-likeness (QED) is 0.801. The van der Waals surface area contributed by atoms with E-state index in [4.69, 9.17) is 0 Å². The Morgan fingerprint density at radius 2 is 2.13 bits per heavy atom. The molecule has 2 heteroatoms. The fraction of sp³-hybridized carbons (Fsp3) is 0.615. The van der Waals surface area contributed by atoms with Gasteiger partial charge in [-0.25, -0.2) is 0 Å². The van der Waals surface area contributed by atoms with Crippen molar-refractivity contribution < 1.29 is 0 Å². The number of hydrogen-bond donors (Lipinski definition) is 1. The fourth-order valence-corrected chi connectivity index (χ4v) is 1.77. The molecule has 15 heavy (non-hydrogen) atoms. The Bertz CT molecular complexity index is 294. The van der Waals surface area contributed by atoms with Crippen LogP contribution in [0, 0.1) is 12.8 Å². The molecule has 1 unspecified atom stereocenters. The first-order chi connectivity index (χ1) is 7.15. The number of aromatic nitrogens is 1. The van der Waals surface area contributed by atoms with E-state index < -0.39 is 0 Å². The van der Waals surface area contributed by atoms with Gasteiger partial charge in [0.2, 0.25) is 0 Å². The molecule has 0 aliphatic carbocycles. The molecule has 1 aromatic rings. The van der Waals surface area contributed by atoms with E-state index in [0.29, 0.717) is 12.0 Å². The maximum absolute atomic E-state index is 4.15. The van der Waals surface area contributed by atoms with Gasteiger partial charge in [-0.3, -0.25) is 4.98 Å². The summed E-state index contributed by atoms with van der Waals surface area (Å²) in [6, 6.07) is 2.66. The molecule has 1 N–H and O–H groups in total. The lowest BCUT2D eigenvalue weighted by molar-refractivity contribution is 0.387. The molecule has 0 aliphatic heterocycles. The maximum atomic E-state index is 4.15. The van der Waals surface area contributed by atoms with Crippen molar-refractivity contribution in [3.8, 4) is 0 Å². The van der Waals surface area contributed by atoms with Gasteiger partial charge in [0, 0.05) is 25.0 Å². The number of nitrogens with one attached hydrogen (secondary N) is 1. The number of hydrogen-bond acceptors (Lipinski definition) is 2. The molecule has 1 atom stereocenters. The van der Waals surface area contributed by atoms with Crippen molar-refractivity contribution in [3.05, 3.63) is 29.6 Å². The molecule has 0 radical (unpaired) electrons. The van der Waals surface area contributed by atoms with Crippen molar-refractivity contribution in [2.45, 2.75) is 46.7 Å². The molecule has 2 nitrogen and oxygen atoms in total. The highest BCUT2D eigenvalue weighted by Gasteiger charge is 2.10. The second-order valence-corrected chi connectivity index (χ2v) is 4.44. The van der Waals surface area contributed by atoms with Gasteiger partial charge in [-0.1, -0.05) is 20.8 Å². The van der Waals surface area contributed by atoms with E-state index in [9.17, 15) is 0 Å². The smallest absolute Gasteiger partial charge is 0.0315 e. The van der Waals surface area contributed by atoms with E-state index in [1.165, 1.54) is 17.5 Å². The lowest BCUT2D eigenvalue weighted by atomic mass is 10.0. The predicted octanol–water partition coefficient (Wildman–Crippen LogP) is 2.91. The van der Waals surface area contributed by atoms with Gasteiger partial charge in [-0.15, -0.1) is 0 Å². The highest BCUT2D eigenvalue weighted by molar-refractivity contribution is 5.21. The summed E-state index contributed by atoms with van der Waals surface area (Å²) in [5.41, 5.74) is 2.62. The molecule has 0 saturated carbocycles. The molecule has 0 aromatic carbocycles. The highest BCUT2D eigenvalue weighted by atomic mass is 14.9. The summed E-state index contributed by atoms with van der Waals surface area (Å²) in [6.45, 7) is 9.81. The zero-order chi connectivity index (χ0) is 11.3. The molecule has 0 saturated heterocycles. The van der Waals surface area contributed by atoms with E-state index in [1.54, 1.807) is 0 Å². The van der Waals surface area contributed by atoms with Crippen molar-refractivity contribution in [2.24, 2.45) is 5.92 Å². The monoisotopic (exact) mass is 206 g/mol. The summed E-state index contributed by atoms with van der Waals surface area (Å²) in [4.78, 5) is 4.15. The van der Waals surface area contributed by atoms with Crippen LogP contribution in [0.25, 0.3) is 0 Å². The van der Waals surface area contributed by atoms with Crippen LogP contribution in [0.3, 0.4) is 0 Å². The van der Waals surface area contributed by atoms with Crippen LogP contribution in [-0.2, 0) is 6.54 Å². The first-order valence-electron chi connectivity index (χ1n) is 5.78. The highest BCUT2D eigenvalue weighted by Crippen LogP contribution is 2.09. The Kier molecular flexibility index (Phi) is 4.76. The van der Waals surface area contributed by atoms with Crippen LogP contribution in [0.15, 0.2) is 18.5 Å². The zero-order valence-electron chi connectivity index (χ0n) is 10.2. The molecule has 0 fully saturated rings. The van der Waals surface area contributed by atoms with Crippen LogP contribution in [-0.4, -0.2) is 11.0 Å². The minimum Gasteiger partial charge on any atom is -0.310 e. The molecule has 84 valence electrons. The van der Waals surface area contributed by atoms with Crippen LogP contribution in [0.4, 0.5) is 0 Å². The molecule has 1 rings (SSSR count). The molecule has 1 heterocycles. The predicted molar refractivity (Wildman–Crippen MR) is 64.7 cm³/mol. The normalized spacial score (nSPS) is 13.1. The van der Waals surface area contributed by atoms with E-state index in [-0.39, 0.29) is 0 Å².